The Kier molecular flexibility index (Phi) is 3.29. The van der Waals surface area contributed by atoms with Crippen LogP contribution in [0.1, 0.15) is 42.9 Å². The third-order valence-corrected chi connectivity index (χ3v) is 7.19. The Morgan fingerprint density at radius 2 is 2.25 bits per heavy atom. The van der Waals surface area contributed by atoms with E-state index in [1.165, 1.54) is 17.5 Å². The summed E-state index contributed by atoms with van der Waals surface area (Å²) < 4.78 is 12.7. The number of hydrogen-bond acceptors (Lipinski definition) is 4. The van der Waals surface area contributed by atoms with E-state index in [4.69, 9.17) is 9.47 Å². The summed E-state index contributed by atoms with van der Waals surface area (Å²) >= 11 is 0. The van der Waals surface area contributed by atoms with E-state index in [0.717, 1.165) is 43.7 Å². The molecule has 0 radical (unpaired) electrons. The fourth-order valence-corrected chi connectivity index (χ4v) is 6.27. The number of ether oxygens (including phenoxy) is 2. The molecular weight excluding hydrogens is 302 g/mol. The predicted octanol–water partition coefficient (Wildman–Crippen LogP) is 2.25. The van der Waals surface area contributed by atoms with E-state index < -0.39 is 0 Å². The van der Waals surface area contributed by atoms with Gasteiger partial charge in [-0.15, -0.1) is 0 Å². The van der Waals surface area contributed by atoms with Crippen LogP contribution < -0.4 is 4.74 Å². The number of hydrogen-bond donors (Lipinski definition) is 1. The van der Waals surface area contributed by atoms with Gasteiger partial charge in [-0.25, -0.2) is 0 Å². The number of piperidine rings is 1. The topological polar surface area (TPSA) is 41.9 Å². The van der Waals surface area contributed by atoms with Crippen LogP contribution in [0.15, 0.2) is 12.1 Å². The van der Waals surface area contributed by atoms with E-state index in [1.807, 2.05) is 0 Å². The molecule has 24 heavy (non-hydrogen) atoms. The second-order valence-electron chi connectivity index (χ2n) is 8.00. The van der Waals surface area contributed by atoms with Crippen molar-refractivity contribution in [1.29, 1.82) is 0 Å². The summed E-state index contributed by atoms with van der Waals surface area (Å²) in [4.78, 5) is 2.56. The normalized spacial score (nSPS) is 39.5. The maximum absolute atomic E-state index is 9.82. The van der Waals surface area contributed by atoms with Gasteiger partial charge in [0, 0.05) is 29.2 Å². The first-order valence-electron chi connectivity index (χ1n) is 9.45. The molecule has 1 aromatic carbocycles. The lowest BCUT2D eigenvalue weighted by atomic mass is 9.51. The van der Waals surface area contributed by atoms with Crippen LogP contribution in [-0.4, -0.2) is 48.5 Å². The van der Waals surface area contributed by atoms with Crippen molar-refractivity contribution in [1.82, 2.24) is 4.90 Å². The first kappa shape index (κ1) is 15.2. The molecule has 1 saturated heterocycles. The number of rotatable bonds is 3. The third-order valence-electron chi connectivity index (χ3n) is 7.19. The Morgan fingerprint density at radius 1 is 1.38 bits per heavy atom. The first-order valence-corrected chi connectivity index (χ1v) is 9.45. The number of benzene rings is 1. The van der Waals surface area contributed by atoms with E-state index in [-0.39, 0.29) is 24.2 Å². The van der Waals surface area contributed by atoms with Crippen LogP contribution in [0.25, 0.3) is 0 Å². The zero-order valence-electron chi connectivity index (χ0n) is 14.6. The largest absolute Gasteiger partial charge is 0.486 e. The number of likely N-dealkylation sites (tertiary alicyclic amines) is 1. The summed E-state index contributed by atoms with van der Waals surface area (Å²) in [5.74, 6) is 1.64. The molecule has 1 aromatic rings. The molecule has 1 N–H and O–H groups in total. The molecule has 1 spiro atoms. The fraction of sp³-hybridized carbons (Fsp3) is 0.700. The molecule has 5 rings (SSSR count). The summed E-state index contributed by atoms with van der Waals surface area (Å²) in [7, 11) is 2.28. The average Bonchev–Trinajstić information content (AvgIpc) is 2.94. The van der Waals surface area contributed by atoms with Gasteiger partial charge in [-0.05, 0) is 57.7 Å². The highest BCUT2D eigenvalue weighted by atomic mass is 16.5. The Balaban J connectivity index is 1.73. The highest BCUT2D eigenvalue weighted by Crippen LogP contribution is 2.62. The lowest BCUT2D eigenvalue weighted by Gasteiger charge is -2.58. The van der Waals surface area contributed by atoms with Gasteiger partial charge in [0.1, 0.15) is 11.9 Å². The molecule has 130 valence electrons. The van der Waals surface area contributed by atoms with Crippen molar-refractivity contribution in [3.8, 4) is 5.75 Å². The maximum atomic E-state index is 9.82. The van der Waals surface area contributed by atoms with Gasteiger partial charge in [-0.2, -0.15) is 0 Å². The molecule has 2 aliphatic carbocycles. The van der Waals surface area contributed by atoms with Crippen molar-refractivity contribution in [2.45, 2.75) is 62.9 Å². The van der Waals surface area contributed by atoms with E-state index in [1.54, 1.807) is 0 Å². The number of likely N-dealkylation sites (N-methyl/N-ethyl adjacent to an activating group) is 1. The van der Waals surface area contributed by atoms with Gasteiger partial charge in [0.05, 0.1) is 12.7 Å². The monoisotopic (exact) mass is 329 g/mol. The minimum atomic E-state index is 0.0543. The van der Waals surface area contributed by atoms with Gasteiger partial charge in [-0.1, -0.05) is 12.1 Å². The second-order valence-corrected chi connectivity index (χ2v) is 8.00. The van der Waals surface area contributed by atoms with Crippen LogP contribution >= 0.6 is 0 Å². The number of aliphatic hydroxyl groups is 1. The highest BCUT2D eigenvalue weighted by Gasteiger charge is 2.65. The minimum absolute atomic E-state index is 0.0543. The minimum Gasteiger partial charge on any atom is -0.486 e. The molecule has 1 saturated carbocycles. The van der Waals surface area contributed by atoms with Gasteiger partial charge in [-0.3, -0.25) is 0 Å². The van der Waals surface area contributed by atoms with Crippen molar-refractivity contribution in [2.24, 2.45) is 5.92 Å². The van der Waals surface area contributed by atoms with Crippen molar-refractivity contribution >= 4 is 0 Å². The van der Waals surface area contributed by atoms with E-state index in [0.29, 0.717) is 12.0 Å². The van der Waals surface area contributed by atoms with Crippen molar-refractivity contribution in [3.63, 3.8) is 0 Å². The fourth-order valence-electron chi connectivity index (χ4n) is 6.27. The predicted molar refractivity (Wildman–Crippen MR) is 91.3 cm³/mol. The summed E-state index contributed by atoms with van der Waals surface area (Å²) in [6, 6.07) is 4.92. The average molecular weight is 329 g/mol. The molecule has 0 aromatic heterocycles. The van der Waals surface area contributed by atoms with Gasteiger partial charge in [0.25, 0.3) is 0 Å². The molecule has 2 unspecified atom stereocenters. The molecule has 4 heteroatoms. The smallest absolute Gasteiger partial charge is 0.135 e. The third kappa shape index (κ3) is 1.69. The lowest BCUT2D eigenvalue weighted by Crippen LogP contribution is -2.66. The molecule has 0 amide bonds. The van der Waals surface area contributed by atoms with E-state index in [9.17, 15) is 5.11 Å². The Hall–Kier alpha value is -1.10. The van der Waals surface area contributed by atoms with E-state index in [2.05, 4.69) is 31.0 Å². The molecule has 5 atom stereocenters. The lowest BCUT2D eigenvalue weighted by molar-refractivity contribution is -0.120. The van der Waals surface area contributed by atoms with Gasteiger partial charge >= 0.3 is 0 Å². The Morgan fingerprint density at radius 3 is 3.04 bits per heavy atom. The molecule has 2 aliphatic heterocycles. The molecule has 4 aliphatic rings. The Bertz CT molecular complexity index is 675. The zero-order valence-corrected chi connectivity index (χ0v) is 14.6. The molecular formula is C20H27NO3. The molecule has 2 fully saturated rings. The zero-order chi connectivity index (χ0) is 16.5. The Labute approximate surface area is 143 Å². The van der Waals surface area contributed by atoms with Gasteiger partial charge < -0.3 is 19.5 Å². The highest BCUT2D eigenvalue weighted by molar-refractivity contribution is 5.58. The van der Waals surface area contributed by atoms with Crippen LogP contribution in [0.5, 0.6) is 5.75 Å². The van der Waals surface area contributed by atoms with Crippen molar-refractivity contribution in [3.05, 3.63) is 28.8 Å². The number of nitrogens with zero attached hydrogens (tertiary/aromatic N) is 1. The summed E-state index contributed by atoms with van der Waals surface area (Å²) in [6.45, 7) is 4.00. The van der Waals surface area contributed by atoms with E-state index >= 15 is 0 Å². The molecule has 2 heterocycles. The molecule has 4 nitrogen and oxygen atoms in total. The van der Waals surface area contributed by atoms with Crippen LogP contribution in [0.3, 0.4) is 0 Å². The van der Waals surface area contributed by atoms with Gasteiger partial charge in [0.15, 0.2) is 0 Å². The summed E-state index contributed by atoms with van der Waals surface area (Å²) in [5.41, 5.74) is 3.92. The van der Waals surface area contributed by atoms with Gasteiger partial charge in [0.2, 0.25) is 0 Å². The maximum Gasteiger partial charge on any atom is 0.135 e. The van der Waals surface area contributed by atoms with Crippen LogP contribution in [0.4, 0.5) is 0 Å². The summed E-state index contributed by atoms with van der Waals surface area (Å²) in [6.07, 6.45) is 4.88. The first-order chi connectivity index (χ1) is 11.7. The quantitative estimate of drug-likeness (QED) is 0.924. The number of aliphatic hydroxyl groups excluding tert-OH is 1. The summed E-state index contributed by atoms with van der Waals surface area (Å²) in [5, 5.41) is 9.82. The van der Waals surface area contributed by atoms with Crippen LogP contribution in [-0.2, 0) is 23.2 Å². The van der Waals surface area contributed by atoms with Crippen LogP contribution in [0.2, 0.25) is 0 Å². The van der Waals surface area contributed by atoms with Crippen molar-refractivity contribution < 1.29 is 14.6 Å². The van der Waals surface area contributed by atoms with Crippen molar-refractivity contribution in [2.75, 3.05) is 20.2 Å². The SMILES string of the molecule is CCO[C@H]1CCC2C3Cc4ccc(CO)c5c4[C@@]2(CCN3C)[C@H]1O5. The second kappa shape index (κ2) is 5.20. The standard InChI is InChI=1S/C20H27NO3/c1-3-23-16-7-6-14-15-10-12-4-5-13(11-22)18-17(12)20(14,19(16)24-18)8-9-21(15)2/h4-5,14-16,19,22H,3,6-11H2,1-2H3/t14?,15?,16-,19-,20-/m0/s1. The molecule has 2 bridgehead atoms. The van der Waals surface area contributed by atoms with Crippen LogP contribution in [0, 0.1) is 5.92 Å².